The highest BCUT2D eigenvalue weighted by atomic mass is 16.5. The first-order chi connectivity index (χ1) is 15.9. The lowest BCUT2D eigenvalue weighted by molar-refractivity contribution is 0.0674. The van der Waals surface area contributed by atoms with E-state index in [1.807, 2.05) is 37.8 Å². The molecule has 1 saturated heterocycles. The van der Waals surface area contributed by atoms with Gasteiger partial charge in [0.1, 0.15) is 23.2 Å². The molecular weight excluding hydrogens is 422 g/mol. The Morgan fingerprint density at radius 2 is 2.06 bits per heavy atom. The van der Waals surface area contributed by atoms with Gasteiger partial charge < -0.3 is 24.1 Å². The maximum Gasteiger partial charge on any atom is 0.261 e. The van der Waals surface area contributed by atoms with Gasteiger partial charge in [0.25, 0.3) is 5.91 Å². The fourth-order valence-corrected chi connectivity index (χ4v) is 4.59. The van der Waals surface area contributed by atoms with Gasteiger partial charge in [0.2, 0.25) is 11.4 Å². The van der Waals surface area contributed by atoms with Crippen molar-refractivity contribution in [3.05, 3.63) is 58.0 Å². The number of carbonyl (C=O) groups excluding carboxylic acids is 1. The second kappa shape index (κ2) is 8.42. The normalized spacial score (nSPS) is 20.1. The minimum absolute atomic E-state index is 0.00381. The van der Waals surface area contributed by atoms with Crippen LogP contribution in [0.15, 0.2) is 41.3 Å². The summed E-state index contributed by atoms with van der Waals surface area (Å²) in [4.78, 5) is 34.3. The number of fused-ring (bicyclic) bond motifs is 3. The Morgan fingerprint density at radius 3 is 2.88 bits per heavy atom. The molecule has 3 aromatic rings. The number of pyridine rings is 2. The Bertz CT molecular complexity index is 1270. The van der Waals surface area contributed by atoms with Crippen molar-refractivity contribution >= 4 is 16.8 Å². The molecule has 5 rings (SSSR count). The number of amides is 1. The number of aryl methyl sites for hydroxylation is 1. The van der Waals surface area contributed by atoms with E-state index in [0.717, 1.165) is 17.4 Å². The molecule has 8 nitrogen and oxygen atoms in total. The molecule has 172 valence electrons. The molecule has 33 heavy (non-hydrogen) atoms. The largest absolute Gasteiger partial charge is 0.493 e. The first-order valence-corrected chi connectivity index (χ1v) is 11.3. The van der Waals surface area contributed by atoms with E-state index in [9.17, 15) is 9.59 Å². The summed E-state index contributed by atoms with van der Waals surface area (Å²) in [6, 6.07) is 8.71. The SMILES string of the molecule is Cc1cc2c(c(OC(C)C)c1)C(=O)N1C[C@@H](Oc3cc4[nH]c(=O)ccc4cn3)C[C@@H]1CCO2. The first-order valence-electron chi connectivity index (χ1n) is 11.3. The molecule has 8 heteroatoms. The van der Waals surface area contributed by atoms with Crippen molar-refractivity contribution in [3.8, 4) is 17.4 Å². The quantitative estimate of drug-likeness (QED) is 0.656. The van der Waals surface area contributed by atoms with Gasteiger partial charge >= 0.3 is 0 Å². The van der Waals surface area contributed by atoms with Gasteiger partial charge in [-0.2, -0.15) is 0 Å². The minimum atomic E-state index is -0.208. The van der Waals surface area contributed by atoms with Crippen molar-refractivity contribution in [2.24, 2.45) is 0 Å². The lowest BCUT2D eigenvalue weighted by Gasteiger charge is -2.29. The molecule has 1 fully saturated rings. The van der Waals surface area contributed by atoms with Crippen LogP contribution >= 0.6 is 0 Å². The molecule has 0 aliphatic carbocycles. The van der Waals surface area contributed by atoms with Crippen LogP contribution in [0.4, 0.5) is 0 Å². The van der Waals surface area contributed by atoms with Gasteiger partial charge in [-0.15, -0.1) is 0 Å². The molecule has 4 heterocycles. The summed E-state index contributed by atoms with van der Waals surface area (Å²) >= 11 is 0. The third kappa shape index (κ3) is 4.25. The highest BCUT2D eigenvalue weighted by Crippen LogP contribution is 2.37. The van der Waals surface area contributed by atoms with E-state index < -0.39 is 0 Å². The van der Waals surface area contributed by atoms with E-state index in [0.29, 0.717) is 48.0 Å². The summed E-state index contributed by atoms with van der Waals surface area (Å²) in [5.74, 6) is 1.44. The second-order valence-electron chi connectivity index (χ2n) is 8.96. The van der Waals surface area contributed by atoms with Crippen LogP contribution in [0, 0.1) is 6.92 Å². The van der Waals surface area contributed by atoms with Gasteiger partial charge in [0.15, 0.2) is 0 Å². The molecule has 1 aromatic carbocycles. The van der Waals surface area contributed by atoms with E-state index in [1.165, 1.54) is 6.07 Å². The average Bonchev–Trinajstić information content (AvgIpc) is 3.13. The van der Waals surface area contributed by atoms with E-state index in [-0.39, 0.29) is 29.7 Å². The molecule has 2 aliphatic rings. The highest BCUT2D eigenvalue weighted by molar-refractivity contribution is 6.00. The number of aromatic amines is 1. The van der Waals surface area contributed by atoms with Crippen molar-refractivity contribution in [2.45, 2.75) is 51.9 Å². The predicted molar refractivity (Wildman–Crippen MR) is 123 cm³/mol. The fraction of sp³-hybridized carbons (Fsp3) is 0.400. The first kappa shape index (κ1) is 21.3. The lowest BCUT2D eigenvalue weighted by Crippen LogP contribution is -2.39. The highest BCUT2D eigenvalue weighted by Gasteiger charge is 2.40. The zero-order valence-corrected chi connectivity index (χ0v) is 19.0. The number of benzene rings is 1. The average molecular weight is 450 g/mol. The molecule has 1 N–H and O–H groups in total. The van der Waals surface area contributed by atoms with E-state index >= 15 is 0 Å². The van der Waals surface area contributed by atoms with E-state index in [2.05, 4.69) is 9.97 Å². The van der Waals surface area contributed by atoms with Crippen LogP contribution in [0.1, 0.15) is 42.6 Å². The van der Waals surface area contributed by atoms with Crippen molar-refractivity contribution in [3.63, 3.8) is 0 Å². The van der Waals surface area contributed by atoms with Crippen LogP contribution in [-0.4, -0.2) is 52.2 Å². The summed E-state index contributed by atoms with van der Waals surface area (Å²) in [5.41, 5.74) is 1.95. The predicted octanol–water partition coefficient (Wildman–Crippen LogP) is 3.46. The molecule has 1 amide bonds. The number of hydrogen-bond donors (Lipinski definition) is 1. The van der Waals surface area contributed by atoms with Crippen LogP contribution in [-0.2, 0) is 0 Å². The van der Waals surface area contributed by atoms with Crippen LogP contribution in [0.5, 0.6) is 17.4 Å². The molecule has 0 bridgehead atoms. The Kier molecular flexibility index (Phi) is 5.44. The summed E-state index contributed by atoms with van der Waals surface area (Å²) in [5, 5.41) is 0.829. The van der Waals surface area contributed by atoms with E-state index in [1.54, 1.807) is 18.3 Å². The summed E-state index contributed by atoms with van der Waals surface area (Å²) in [7, 11) is 0. The number of nitrogens with one attached hydrogen (secondary N) is 1. The molecule has 2 aromatic heterocycles. The monoisotopic (exact) mass is 449 g/mol. The topological polar surface area (TPSA) is 93.8 Å². The van der Waals surface area contributed by atoms with Crippen LogP contribution < -0.4 is 19.8 Å². The maximum atomic E-state index is 13.6. The van der Waals surface area contributed by atoms with Gasteiger partial charge in [0.05, 0.1) is 24.8 Å². The smallest absolute Gasteiger partial charge is 0.261 e. The number of nitrogens with zero attached hydrogens (tertiary/aromatic N) is 2. The van der Waals surface area contributed by atoms with Gasteiger partial charge in [0, 0.05) is 42.6 Å². The fourth-order valence-electron chi connectivity index (χ4n) is 4.59. The van der Waals surface area contributed by atoms with Crippen LogP contribution in [0.25, 0.3) is 10.9 Å². The minimum Gasteiger partial charge on any atom is -0.493 e. The Labute approximate surface area is 191 Å². The molecule has 0 spiro atoms. The molecule has 0 radical (unpaired) electrons. The Balaban J connectivity index is 1.41. The van der Waals surface area contributed by atoms with Gasteiger partial charge in [-0.3, -0.25) is 9.59 Å². The summed E-state index contributed by atoms with van der Waals surface area (Å²) in [6.07, 6.45) is 2.80. The van der Waals surface area contributed by atoms with Crippen molar-refractivity contribution in [1.29, 1.82) is 0 Å². The maximum absolute atomic E-state index is 13.6. The lowest BCUT2D eigenvalue weighted by atomic mass is 10.0. The van der Waals surface area contributed by atoms with Crippen LogP contribution in [0.2, 0.25) is 0 Å². The number of aromatic nitrogens is 2. The summed E-state index contributed by atoms with van der Waals surface area (Å²) < 4.78 is 18.1. The van der Waals surface area contributed by atoms with Crippen molar-refractivity contribution in [1.82, 2.24) is 14.9 Å². The molecule has 0 unspecified atom stereocenters. The van der Waals surface area contributed by atoms with Crippen molar-refractivity contribution < 1.29 is 19.0 Å². The summed E-state index contributed by atoms with van der Waals surface area (Å²) in [6.45, 7) is 6.80. The number of ether oxygens (including phenoxy) is 3. The molecule has 2 atom stereocenters. The Hall–Kier alpha value is -3.55. The van der Waals surface area contributed by atoms with Gasteiger partial charge in [-0.25, -0.2) is 4.98 Å². The van der Waals surface area contributed by atoms with Crippen LogP contribution in [0.3, 0.4) is 0 Å². The number of rotatable bonds is 4. The zero-order valence-electron chi connectivity index (χ0n) is 19.0. The Morgan fingerprint density at radius 1 is 1.21 bits per heavy atom. The van der Waals surface area contributed by atoms with E-state index in [4.69, 9.17) is 14.2 Å². The zero-order chi connectivity index (χ0) is 23.1. The number of carbonyl (C=O) groups is 1. The molecule has 2 aliphatic heterocycles. The van der Waals surface area contributed by atoms with Gasteiger partial charge in [-0.05, 0) is 44.5 Å². The molecular formula is C25H27N3O5. The molecule has 0 saturated carbocycles. The van der Waals surface area contributed by atoms with Gasteiger partial charge in [-0.1, -0.05) is 0 Å². The standard InChI is InChI=1S/C25H27N3O5/c1-14(2)32-21-9-15(3)8-20-24(21)25(30)28-13-18(10-17(28)6-7-31-20)33-23-11-19-16(12-26-23)4-5-22(29)27-19/h4-5,8-9,11-12,14,17-18H,6-7,10,13H2,1-3H3,(H,27,29)/t17-,18-/m0/s1. The number of H-pyrrole nitrogens is 1. The van der Waals surface area contributed by atoms with Crippen molar-refractivity contribution in [2.75, 3.05) is 13.2 Å². The second-order valence-corrected chi connectivity index (χ2v) is 8.96. The third-order valence-electron chi connectivity index (χ3n) is 6.00. The number of hydrogen-bond acceptors (Lipinski definition) is 6. The third-order valence-corrected chi connectivity index (χ3v) is 6.00.